The topological polar surface area (TPSA) is 82.5 Å². The molecule has 0 aliphatic carbocycles. The van der Waals surface area contributed by atoms with Gasteiger partial charge in [0.1, 0.15) is 18.9 Å². The lowest BCUT2D eigenvalue weighted by molar-refractivity contribution is 0.0946. The molecule has 1 aliphatic heterocycles. The van der Waals surface area contributed by atoms with E-state index in [4.69, 9.17) is 9.47 Å². The molecule has 1 aromatic heterocycles. The summed E-state index contributed by atoms with van der Waals surface area (Å²) in [5.74, 6) is 1.20. The Morgan fingerprint density at radius 2 is 2.00 bits per heavy atom. The van der Waals surface area contributed by atoms with E-state index in [9.17, 15) is 9.59 Å². The van der Waals surface area contributed by atoms with E-state index >= 15 is 0 Å². The third-order valence-electron chi connectivity index (χ3n) is 3.84. The maximum atomic E-state index is 12.2. The zero-order valence-electron chi connectivity index (χ0n) is 14.2. The van der Waals surface area contributed by atoms with Gasteiger partial charge in [-0.15, -0.1) is 0 Å². The van der Waals surface area contributed by atoms with E-state index in [0.717, 1.165) is 23.5 Å². The Balaban J connectivity index is 1.57. The predicted octanol–water partition coefficient (Wildman–Crippen LogP) is 1.40. The monoisotopic (exact) mass is 343 g/mol. The Morgan fingerprint density at radius 1 is 1.20 bits per heavy atom. The fraction of sp³-hybridized carbons (Fsp3) is 0.389. The van der Waals surface area contributed by atoms with Crippen molar-refractivity contribution < 1.29 is 14.3 Å². The van der Waals surface area contributed by atoms with Crippen molar-refractivity contribution in [1.29, 1.82) is 0 Å². The van der Waals surface area contributed by atoms with Crippen molar-refractivity contribution in [2.75, 3.05) is 19.8 Å². The molecule has 0 spiro atoms. The number of nitrogens with one attached hydrogen (secondary N) is 1. The number of carbonyl (C=O) groups excluding carboxylic acids is 1. The number of aryl methyl sites for hydroxylation is 1. The van der Waals surface area contributed by atoms with Crippen LogP contribution in [-0.2, 0) is 13.0 Å². The van der Waals surface area contributed by atoms with Crippen molar-refractivity contribution in [3.63, 3.8) is 0 Å². The number of aromatic nitrogens is 2. The lowest BCUT2D eigenvalue weighted by Gasteiger charge is -2.18. The molecule has 0 fully saturated rings. The predicted molar refractivity (Wildman–Crippen MR) is 92.3 cm³/mol. The van der Waals surface area contributed by atoms with Crippen LogP contribution in [0.2, 0.25) is 0 Å². The molecule has 0 saturated heterocycles. The Labute approximate surface area is 145 Å². The van der Waals surface area contributed by atoms with Gasteiger partial charge in [-0.1, -0.05) is 13.0 Å². The van der Waals surface area contributed by atoms with Gasteiger partial charge in [0.25, 0.3) is 11.5 Å². The first-order valence-electron chi connectivity index (χ1n) is 8.42. The second kappa shape index (κ2) is 7.83. The first-order chi connectivity index (χ1) is 12.2. The first-order valence-corrected chi connectivity index (χ1v) is 8.42. The highest BCUT2D eigenvalue weighted by Gasteiger charge is 2.12. The average molecular weight is 343 g/mol. The molecule has 0 saturated carbocycles. The van der Waals surface area contributed by atoms with E-state index < -0.39 is 0 Å². The molecule has 0 radical (unpaired) electrons. The lowest BCUT2D eigenvalue weighted by Crippen LogP contribution is -2.30. The zero-order valence-corrected chi connectivity index (χ0v) is 14.2. The van der Waals surface area contributed by atoms with E-state index in [1.165, 1.54) is 16.8 Å². The highest BCUT2D eigenvalue weighted by atomic mass is 16.6. The van der Waals surface area contributed by atoms with Gasteiger partial charge >= 0.3 is 0 Å². The largest absolute Gasteiger partial charge is 0.486 e. The van der Waals surface area contributed by atoms with Gasteiger partial charge in [-0.3, -0.25) is 9.59 Å². The molecule has 2 heterocycles. The zero-order chi connectivity index (χ0) is 17.6. The van der Waals surface area contributed by atoms with Gasteiger partial charge in [0, 0.05) is 19.2 Å². The molecule has 0 unspecified atom stereocenters. The van der Waals surface area contributed by atoms with Crippen molar-refractivity contribution in [3.05, 3.63) is 51.9 Å². The standard InChI is InChI=1S/C18H21N3O4/c1-2-9-21-17(22)6-4-14(20-21)18(23)19-8-7-13-3-5-15-16(12-13)25-11-10-24-15/h3-6,12H,2,7-11H2,1H3,(H,19,23). The molecule has 7 nitrogen and oxygen atoms in total. The molecule has 1 aliphatic rings. The third-order valence-corrected chi connectivity index (χ3v) is 3.84. The van der Waals surface area contributed by atoms with Crippen LogP contribution in [0.5, 0.6) is 11.5 Å². The van der Waals surface area contributed by atoms with Gasteiger partial charge < -0.3 is 14.8 Å². The lowest BCUT2D eigenvalue weighted by atomic mass is 10.1. The van der Waals surface area contributed by atoms with Gasteiger partial charge in [0.05, 0.1) is 0 Å². The van der Waals surface area contributed by atoms with E-state index in [-0.39, 0.29) is 17.2 Å². The molecule has 3 rings (SSSR count). The summed E-state index contributed by atoms with van der Waals surface area (Å²) in [7, 11) is 0. The summed E-state index contributed by atoms with van der Waals surface area (Å²) in [6, 6.07) is 8.60. The summed E-state index contributed by atoms with van der Waals surface area (Å²) in [6.45, 7) is 4.03. The summed E-state index contributed by atoms with van der Waals surface area (Å²) < 4.78 is 12.4. The number of carbonyl (C=O) groups is 1. The normalized spacial score (nSPS) is 12.7. The Hall–Kier alpha value is -2.83. The van der Waals surface area contributed by atoms with Crippen LogP contribution in [0.15, 0.2) is 35.1 Å². The maximum Gasteiger partial charge on any atom is 0.271 e. The molecule has 1 amide bonds. The first kappa shape index (κ1) is 17.0. The minimum Gasteiger partial charge on any atom is -0.486 e. The van der Waals surface area contributed by atoms with Crippen LogP contribution in [0, 0.1) is 0 Å². The van der Waals surface area contributed by atoms with Crippen molar-refractivity contribution >= 4 is 5.91 Å². The fourth-order valence-electron chi connectivity index (χ4n) is 2.60. The average Bonchev–Trinajstić information content (AvgIpc) is 2.63. The van der Waals surface area contributed by atoms with Gasteiger partial charge in [-0.05, 0) is 36.6 Å². The van der Waals surface area contributed by atoms with E-state index in [2.05, 4.69) is 10.4 Å². The third kappa shape index (κ3) is 4.17. The number of fused-ring (bicyclic) bond motifs is 1. The summed E-state index contributed by atoms with van der Waals surface area (Å²) in [5.41, 5.74) is 1.10. The quantitative estimate of drug-likeness (QED) is 0.857. The number of amides is 1. The minimum atomic E-state index is -0.289. The van der Waals surface area contributed by atoms with Crippen molar-refractivity contribution in [2.45, 2.75) is 26.3 Å². The van der Waals surface area contributed by atoms with Crippen molar-refractivity contribution in [1.82, 2.24) is 15.1 Å². The van der Waals surface area contributed by atoms with Gasteiger partial charge in [0.15, 0.2) is 11.5 Å². The van der Waals surface area contributed by atoms with Gasteiger partial charge in [-0.2, -0.15) is 5.10 Å². The summed E-state index contributed by atoms with van der Waals surface area (Å²) >= 11 is 0. The number of hydrogen-bond acceptors (Lipinski definition) is 5. The summed E-state index contributed by atoms with van der Waals surface area (Å²) in [6.07, 6.45) is 1.44. The number of nitrogens with zero attached hydrogens (tertiary/aromatic N) is 2. The Morgan fingerprint density at radius 3 is 2.80 bits per heavy atom. The van der Waals surface area contributed by atoms with Crippen LogP contribution in [0.25, 0.3) is 0 Å². The number of hydrogen-bond donors (Lipinski definition) is 1. The molecule has 7 heteroatoms. The smallest absolute Gasteiger partial charge is 0.271 e. The second-order valence-corrected chi connectivity index (χ2v) is 5.76. The van der Waals surface area contributed by atoms with E-state index in [1.807, 2.05) is 25.1 Å². The number of benzene rings is 1. The second-order valence-electron chi connectivity index (χ2n) is 5.76. The number of rotatable bonds is 6. The maximum absolute atomic E-state index is 12.2. The molecule has 2 aromatic rings. The van der Waals surface area contributed by atoms with Crippen LogP contribution in [0.1, 0.15) is 29.4 Å². The molecule has 132 valence electrons. The molecule has 25 heavy (non-hydrogen) atoms. The summed E-state index contributed by atoms with van der Waals surface area (Å²) in [5, 5.41) is 6.93. The van der Waals surface area contributed by atoms with Crippen LogP contribution in [-0.4, -0.2) is 35.4 Å². The van der Waals surface area contributed by atoms with Crippen LogP contribution < -0.4 is 20.3 Å². The van der Waals surface area contributed by atoms with Gasteiger partial charge in [-0.25, -0.2) is 4.68 Å². The van der Waals surface area contributed by atoms with Crippen molar-refractivity contribution in [2.24, 2.45) is 0 Å². The highest BCUT2D eigenvalue weighted by molar-refractivity contribution is 5.91. The molecular weight excluding hydrogens is 322 g/mol. The van der Waals surface area contributed by atoms with E-state index in [1.54, 1.807) is 0 Å². The Kier molecular flexibility index (Phi) is 5.33. The molecule has 0 bridgehead atoms. The van der Waals surface area contributed by atoms with E-state index in [0.29, 0.717) is 32.7 Å². The van der Waals surface area contributed by atoms with Gasteiger partial charge in [0.2, 0.25) is 0 Å². The van der Waals surface area contributed by atoms with Crippen LogP contribution in [0.3, 0.4) is 0 Å². The molecular formula is C18H21N3O4. The molecule has 1 aromatic carbocycles. The van der Waals surface area contributed by atoms with Crippen molar-refractivity contribution in [3.8, 4) is 11.5 Å². The summed E-state index contributed by atoms with van der Waals surface area (Å²) in [4.78, 5) is 23.8. The Bertz CT molecular complexity index is 816. The van der Waals surface area contributed by atoms with Crippen LogP contribution in [0.4, 0.5) is 0 Å². The minimum absolute atomic E-state index is 0.199. The highest BCUT2D eigenvalue weighted by Crippen LogP contribution is 2.30. The number of ether oxygens (including phenoxy) is 2. The SMILES string of the molecule is CCCn1nc(C(=O)NCCc2ccc3c(c2)OCCO3)ccc1=O. The molecule has 1 N–H and O–H groups in total. The van der Waals surface area contributed by atoms with Crippen LogP contribution >= 0.6 is 0 Å². The fourth-order valence-corrected chi connectivity index (χ4v) is 2.60. The molecule has 0 atom stereocenters.